The monoisotopic (exact) mass is 311 g/mol. The molecule has 0 aromatic heterocycles. The summed E-state index contributed by atoms with van der Waals surface area (Å²) < 4.78 is 26.6. The van der Waals surface area contributed by atoms with E-state index in [1.54, 1.807) is 12.1 Å². The minimum absolute atomic E-state index is 0.0755. The molecular formula is C15H25N3O2S. The maximum absolute atomic E-state index is 12.0. The van der Waals surface area contributed by atoms with Gasteiger partial charge in [-0.05, 0) is 63.5 Å². The molecule has 1 saturated heterocycles. The lowest BCUT2D eigenvalue weighted by Gasteiger charge is -2.36. The van der Waals surface area contributed by atoms with Crippen LogP contribution in [0.1, 0.15) is 33.1 Å². The number of piperidine rings is 1. The third-order valence-corrected chi connectivity index (χ3v) is 5.34. The molecule has 0 amide bonds. The van der Waals surface area contributed by atoms with Crippen LogP contribution in [0.5, 0.6) is 0 Å². The number of nitrogens with one attached hydrogen (secondary N) is 3. The average molecular weight is 311 g/mol. The molecule has 0 aliphatic carbocycles. The van der Waals surface area contributed by atoms with E-state index in [2.05, 4.69) is 22.3 Å². The van der Waals surface area contributed by atoms with Crippen molar-refractivity contribution < 1.29 is 8.42 Å². The van der Waals surface area contributed by atoms with E-state index in [1.165, 1.54) is 0 Å². The van der Waals surface area contributed by atoms with Crippen molar-refractivity contribution in [3.05, 3.63) is 24.3 Å². The zero-order valence-electron chi connectivity index (χ0n) is 12.8. The van der Waals surface area contributed by atoms with Crippen molar-refractivity contribution in [1.29, 1.82) is 0 Å². The molecule has 0 saturated carbocycles. The van der Waals surface area contributed by atoms with Gasteiger partial charge in [0.05, 0.1) is 4.90 Å². The molecule has 6 heteroatoms. The summed E-state index contributed by atoms with van der Waals surface area (Å²) in [6.07, 6.45) is 2.90. The van der Waals surface area contributed by atoms with Crippen LogP contribution >= 0.6 is 0 Å². The van der Waals surface area contributed by atoms with E-state index in [0.29, 0.717) is 11.4 Å². The van der Waals surface area contributed by atoms with Crippen LogP contribution < -0.4 is 15.4 Å². The Bertz CT molecular complexity index is 549. The van der Waals surface area contributed by atoms with Crippen molar-refractivity contribution in [2.24, 2.45) is 0 Å². The van der Waals surface area contributed by atoms with Gasteiger partial charge >= 0.3 is 0 Å². The summed E-state index contributed by atoms with van der Waals surface area (Å²) in [5.41, 5.74) is 1.04. The second kappa shape index (κ2) is 6.77. The minimum atomic E-state index is -3.38. The Kier molecular flexibility index (Phi) is 5.24. The molecule has 0 unspecified atom stereocenters. The topological polar surface area (TPSA) is 70.2 Å². The number of hydrogen-bond donors (Lipinski definition) is 3. The van der Waals surface area contributed by atoms with Gasteiger partial charge in [0, 0.05) is 17.8 Å². The zero-order valence-corrected chi connectivity index (χ0v) is 13.6. The van der Waals surface area contributed by atoms with Crippen LogP contribution in [0.3, 0.4) is 0 Å². The lowest BCUT2D eigenvalue weighted by atomic mass is 9.90. The Labute approximate surface area is 127 Å². The van der Waals surface area contributed by atoms with Gasteiger partial charge in [-0.25, -0.2) is 13.1 Å². The third kappa shape index (κ3) is 4.43. The molecule has 1 fully saturated rings. The van der Waals surface area contributed by atoms with E-state index in [0.717, 1.165) is 38.0 Å². The molecule has 2 rings (SSSR count). The molecule has 5 nitrogen and oxygen atoms in total. The Balaban J connectivity index is 2.05. The Hall–Kier alpha value is -1.11. The molecule has 1 aliphatic rings. The molecule has 0 radical (unpaired) electrons. The zero-order chi connectivity index (χ0) is 15.3. The van der Waals surface area contributed by atoms with Crippen molar-refractivity contribution in [3.8, 4) is 0 Å². The molecular weight excluding hydrogens is 286 g/mol. The minimum Gasteiger partial charge on any atom is -0.380 e. The first-order chi connectivity index (χ1) is 9.95. The van der Waals surface area contributed by atoms with Gasteiger partial charge in [0.15, 0.2) is 0 Å². The second-order valence-corrected chi connectivity index (χ2v) is 7.62. The molecule has 1 aromatic rings. The van der Waals surface area contributed by atoms with E-state index in [9.17, 15) is 8.42 Å². The van der Waals surface area contributed by atoms with Gasteiger partial charge < -0.3 is 10.6 Å². The Morgan fingerprint density at radius 1 is 1.19 bits per heavy atom. The van der Waals surface area contributed by atoms with Crippen molar-refractivity contribution >= 4 is 15.7 Å². The molecule has 3 N–H and O–H groups in total. The highest BCUT2D eigenvalue weighted by molar-refractivity contribution is 7.89. The van der Waals surface area contributed by atoms with E-state index in [-0.39, 0.29) is 5.54 Å². The van der Waals surface area contributed by atoms with Crippen LogP contribution in [0.25, 0.3) is 0 Å². The van der Waals surface area contributed by atoms with E-state index in [1.807, 2.05) is 19.1 Å². The van der Waals surface area contributed by atoms with Gasteiger partial charge in [0.2, 0.25) is 10.0 Å². The van der Waals surface area contributed by atoms with Crippen LogP contribution in [0.2, 0.25) is 0 Å². The molecule has 1 aromatic carbocycles. The van der Waals surface area contributed by atoms with Crippen LogP contribution in [-0.4, -0.2) is 33.6 Å². The van der Waals surface area contributed by atoms with Gasteiger partial charge in [0.1, 0.15) is 0 Å². The first-order valence-corrected chi connectivity index (χ1v) is 9.02. The molecule has 1 aliphatic heterocycles. The quantitative estimate of drug-likeness (QED) is 0.751. The third-order valence-electron chi connectivity index (χ3n) is 3.86. The van der Waals surface area contributed by atoms with E-state index in [4.69, 9.17) is 0 Å². The summed E-state index contributed by atoms with van der Waals surface area (Å²) in [5.74, 6) is 0. The largest absolute Gasteiger partial charge is 0.380 e. The summed E-state index contributed by atoms with van der Waals surface area (Å²) in [6.45, 7) is 6.64. The van der Waals surface area contributed by atoms with Gasteiger partial charge in [-0.3, -0.25) is 0 Å². The highest BCUT2D eigenvalue weighted by atomic mass is 32.2. The standard InChI is InChI=1S/C15H25N3O2S/c1-3-10-17-21(19,20)14-6-4-13(5-7-14)18-15(2)8-11-16-12-9-15/h4-7,16-18H,3,8-12H2,1-2H3. The second-order valence-electron chi connectivity index (χ2n) is 5.86. The summed E-state index contributed by atoms with van der Waals surface area (Å²) in [6, 6.07) is 7.00. The molecule has 1 heterocycles. The van der Waals surface area contributed by atoms with Crippen molar-refractivity contribution in [1.82, 2.24) is 10.0 Å². The number of anilines is 1. The summed E-state index contributed by atoms with van der Waals surface area (Å²) in [4.78, 5) is 0.317. The van der Waals surface area contributed by atoms with Crippen molar-refractivity contribution in [2.45, 2.75) is 43.5 Å². The van der Waals surface area contributed by atoms with Crippen LogP contribution in [0.15, 0.2) is 29.2 Å². The fraction of sp³-hybridized carbons (Fsp3) is 0.600. The number of rotatable bonds is 6. The summed E-state index contributed by atoms with van der Waals surface area (Å²) >= 11 is 0. The maximum atomic E-state index is 12.0. The van der Waals surface area contributed by atoms with Gasteiger partial charge in [-0.1, -0.05) is 6.92 Å². The first kappa shape index (κ1) is 16.3. The first-order valence-electron chi connectivity index (χ1n) is 7.54. The van der Waals surface area contributed by atoms with E-state index < -0.39 is 10.0 Å². The molecule has 21 heavy (non-hydrogen) atoms. The Morgan fingerprint density at radius 3 is 2.38 bits per heavy atom. The predicted octanol–water partition coefficient (Wildman–Crippen LogP) is 1.93. The molecule has 0 atom stereocenters. The number of sulfonamides is 1. The van der Waals surface area contributed by atoms with Gasteiger partial charge in [-0.2, -0.15) is 0 Å². The highest BCUT2D eigenvalue weighted by Gasteiger charge is 2.26. The average Bonchev–Trinajstić information content (AvgIpc) is 2.46. The molecule has 0 bridgehead atoms. The van der Waals surface area contributed by atoms with Crippen molar-refractivity contribution in [2.75, 3.05) is 25.0 Å². The molecule has 118 valence electrons. The van der Waals surface area contributed by atoms with Crippen LogP contribution in [0, 0.1) is 0 Å². The number of benzene rings is 1. The summed E-state index contributed by atoms with van der Waals surface area (Å²) in [7, 11) is -3.38. The SMILES string of the molecule is CCCNS(=O)(=O)c1ccc(NC2(C)CCNCC2)cc1. The highest BCUT2D eigenvalue weighted by Crippen LogP contribution is 2.24. The fourth-order valence-electron chi connectivity index (χ4n) is 2.49. The van der Waals surface area contributed by atoms with Gasteiger partial charge in [0.25, 0.3) is 0 Å². The van der Waals surface area contributed by atoms with E-state index >= 15 is 0 Å². The fourth-order valence-corrected chi connectivity index (χ4v) is 3.62. The van der Waals surface area contributed by atoms with Crippen LogP contribution in [-0.2, 0) is 10.0 Å². The smallest absolute Gasteiger partial charge is 0.240 e. The lowest BCUT2D eigenvalue weighted by molar-refractivity contribution is 0.365. The van der Waals surface area contributed by atoms with Crippen molar-refractivity contribution in [3.63, 3.8) is 0 Å². The molecule has 0 spiro atoms. The van der Waals surface area contributed by atoms with Crippen LogP contribution in [0.4, 0.5) is 5.69 Å². The number of hydrogen-bond acceptors (Lipinski definition) is 4. The Morgan fingerprint density at radius 2 is 1.81 bits per heavy atom. The maximum Gasteiger partial charge on any atom is 0.240 e. The normalized spacial score (nSPS) is 18.4. The van der Waals surface area contributed by atoms with Gasteiger partial charge in [-0.15, -0.1) is 0 Å². The summed E-state index contributed by atoms with van der Waals surface area (Å²) in [5, 5.41) is 6.87. The lowest BCUT2D eigenvalue weighted by Crippen LogP contribution is -2.45. The predicted molar refractivity (Wildman–Crippen MR) is 86.1 cm³/mol.